The number of benzene rings is 1. The van der Waals surface area contributed by atoms with Crippen molar-refractivity contribution in [2.45, 2.75) is 13.0 Å². The molecule has 2 heterocycles. The minimum atomic E-state index is -0.754. The molecule has 24 heavy (non-hydrogen) atoms. The van der Waals surface area contributed by atoms with E-state index in [2.05, 4.69) is 9.98 Å². The summed E-state index contributed by atoms with van der Waals surface area (Å²) in [4.78, 5) is 20.9. The van der Waals surface area contributed by atoms with Crippen molar-refractivity contribution in [1.29, 1.82) is 0 Å². The van der Waals surface area contributed by atoms with E-state index >= 15 is 0 Å². The molecule has 0 unspecified atom stereocenters. The summed E-state index contributed by atoms with van der Waals surface area (Å²) in [6, 6.07) is 5.61. The van der Waals surface area contributed by atoms with Crippen LogP contribution in [0.1, 0.15) is 11.1 Å². The third-order valence-electron chi connectivity index (χ3n) is 3.83. The molecule has 124 valence electrons. The van der Waals surface area contributed by atoms with Crippen LogP contribution in [0.15, 0.2) is 35.5 Å². The van der Waals surface area contributed by atoms with Gasteiger partial charge in [-0.05, 0) is 17.5 Å². The Bertz CT molecular complexity index is 833. The van der Waals surface area contributed by atoms with Crippen molar-refractivity contribution in [2.24, 2.45) is 16.5 Å². The molecule has 2 amide bonds. The van der Waals surface area contributed by atoms with Gasteiger partial charge in [-0.2, -0.15) is 4.99 Å². The number of nitrogens with zero attached hydrogens (tertiary/aromatic N) is 3. The molecule has 8 heteroatoms. The van der Waals surface area contributed by atoms with E-state index in [4.69, 9.17) is 11.5 Å². The zero-order chi connectivity index (χ0) is 17.3. The number of rotatable bonds is 1. The molecular weight excluding hydrogens is 316 g/mol. The largest absolute Gasteiger partial charge is 0.370 e. The van der Waals surface area contributed by atoms with Crippen LogP contribution in [0.4, 0.5) is 13.6 Å². The van der Waals surface area contributed by atoms with Gasteiger partial charge in [0.25, 0.3) is 0 Å². The Kier molecular flexibility index (Phi) is 4.11. The average Bonchev–Trinajstić information content (AvgIpc) is 2.53. The lowest BCUT2D eigenvalue weighted by molar-refractivity contribution is 0.203. The van der Waals surface area contributed by atoms with E-state index in [1.165, 1.54) is 4.90 Å². The van der Waals surface area contributed by atoms with Crippen LogP contribution in [-0.2, 0) is 13.0 Å². The molecule has 0 saturated heterocycles. The number of urea groups is 1. The number of nitrogens with two attached hydrogens (primary N) is 2. The molecule has 1 aromatic heterocycles. The average molecular weight is 331 g/mol. The Morgan fingerprint density at radius 3 is 2.79 bits per heavy atom. The molecule has 1 aliphatic heterocycles. The predicted molar refractivity (Wildman–Crippen MR) is 84.9 cm³/mol. The highest BCUT2D eigenvalue weighted by molar-refractivity contribution is 5.90. The molecule has 2 aromatic rings. The van der Waals surface area contributed by atoms with Gasteiger partial charge in [-0.15, -0.1) is 0 Å². The lowest BCUT2D eigenvalue weighted by Crippen LogP contribution is -2.36. The van der Waals surface area contributed by atoms with Gasteiger partial charge < -0.3 is 16.4 Å². The molecule has 0 aliphatic carbocycles. The van der Waals surface area contributed by atoms with Crippen molar-refractivity contribution in [3.63, 3.8) is 0 Å². The second-order valence-corrected chi connectivity index (χ2v) is 5.42. The van der Waals surface area contributed by atoms with Gasteiger partial charge in [0.05, 0.1) is 6.20 Å². The number of fused-ring (bicyclic) bond motifs is 1. The maximum absolute atomic E-state index is 14.1. The number of guanidine groups is 1. The highest BCUT2D eigenvalue weighted by Gasteiger charge is 2.24. The summed E-state index contributed by atoms with van der Waals surface area (Å²) in [6.07, 6.45) is 1.54. The van der Waals surface area contributed by atoms with Crippen LogP contribution in [0, 0.1) is 11.6 Å². The second-order valence-electron chi connectivity index (χ2n) is 5.42. The van der Waals surface area contributed by atoms with E-state index in [1.807, 2.05) is 6.07 Å². The van der Waals surface area contributed by atoms with Crippen LogP contribution in [0.25, 0.3) is 11.3 Å². The second kappa shape index (κ2) is 6.23. The van der Waals surface area contributed by atoms with Gasteiger partial charge in [0, 0.05) is 24.7 Å². The van der Waals surface area contributed by atoms with Gasteiger partial charge in [-0.1, -0.05) is 18.2 Å². The van der Waals surface area contributed by atoms with Gasteiger partial charge >= 0.3 is 6.03 Å². The summed E-state index contributed by atoms with van der Waals surface area (Å²) in [7, 11) is 0. The van der Waals surface area contributed by atoms with E-state index in [9.17, 15) is 13.6 Å². The summed E-state index contributed by atoms with van der Waals surface area (Å²) < 4.78 is 27.2. The van der Waals surface area contributed by atoms with Crippen LogP contribution in [0.5, 0.6) is 0 Å². The molecule has 1 aromatic carbocycles. The van der Waals surface area contributed by atoms with Gasteiger partial charge in [0.2, 0.25) is 0 Å². The predicted octanol–water partition coefficient (Wildman–Crippen LogP) is 1.78. The molecule has 0 saturated carbocycles. The number of carbonyl (C=O) groups excluding carboxylic acids is 1. The van der Waals surface area contributed by atoms with Crippen molar-refractivity contribution >= 4 is 12.0 Å². The normalized spacial score (nSPS) is 13.3. The number of amides is 2. The Labute approximate surface area is 136 Å². The molecule has 0 radical (unpaired) electrons. The van der Waals surface area contributed by atoms with Gasteiger partial charge in [0.1, 0.15) is 11.5 Å². The van der Waals surface area contributed by atoms with E-state index in [-0.39, 0.29) is 18.2 Å². The summed E-state index contributed by atoms with van der Waals surface area (Å²) in [5.41, 5.74) is 12.8. The van der Waals surface area contributed by atoms with Crippen molar-refractivity contribution in [1.82, 2.24) is 9.88 Å². The lowest BCUT2D eigenvalue weighted by Gasteiger charge is -2.29. The number of hydrogen-bond donors (Lipinski definition) is 2. The summed E-state index contributed by atoms with van der Waals surface area (Å²) in [5, 5.41) is 0. The minimum absolute atomic E-state index is 0.0457. The number of hydrogen-bond acceptors (Lipinski definition) is 2. The standard InChI is InChI=1S/C16H15F2N5O/c17-10-6-13(18)14(21-7-10)11-3-1-2-9-4-5-23(8-12(9)11)16(24)22-15(19)20/h1-3,6-7H,4-5,8H2,(H4,19,20,22,24). The number of carbonyl (C=O) groups is 1. The Hall–Kier alpha value is -3.03. The number of pyridine rings is 1. The SMILES string of the molecule is NC(N)=NC(=O)N1CCc2cccc(-c3ncc(F)cc3F)c2C1. The fourth-order valence-corrected chi connectivity index (χ4v) is 2.76. The Balaban J connectivity index is 2.01. The van der Waals surface area contributed by atoms with Crippen LogP contribution in [0.3, 0.4) is 0 Å². The first kappa shape index (κ1) is 15.9. The zero-order valence-corrected chi connectivity index (χ0v) is 12.7. The summed E-state index contributed by atoms with van der Waals surface area (Å²) >= 11 is 0. The fourth-order valence-electron chi connectivity index (χ4n) is 2.76. The molecular formula is C16H15F2N5O. The van der Waals surface area contributed by atoms with Gasteiger partial charge in [0.15, 0.2) is 11.8 Å². The molecule has 0 bridgehead atoms. The fraction of sp³-hybridized carbons (Fsp3) is 0.188. The lowest BCUT2D eigenvalue weighted by atomic mass is 9.93. The topological polar surface area (TPSA) is 97.6 Å². The maximum atomic E-state index is 14.1. The third kappa shape index (κ3) is 3.03. The number of aromatic nitrogens is 1. The van der Waals surface area contributed by atoms with Crippen LogP contribution >= 0.6 is 0 Å². The molecule has 1 aliphatic rings. The summed E-state index contributed by atoms with van der Waals surface area (Å²) in [6.45, 7) is 0.672. The number of aliphatic imine (C=N–C) groups is 1. The van der Waals surface area contributed by atoms with Crippen molar-refractivity contribution in [2.75, 3.05) is 6.54 Å². The number of halogens is 2. The summed E-state index contributed by atoms with van der Waals surface area (Å²) in [5.74, 6) is -1.81. The molecule has 0 spiro atoms. The van der Waals surface area contributed by atoms with Gasteiger partial charge in [-0.3, -0.25) is 4.98 Å². The highest BCUT2D eigenvalue weighted by atomic mass is 19.1. The minimum Gasteiger partial charge on any atom is -0.370 e. The molecule has 0 fully saturated rings. The molecule has 4 N–H and O–H groups in total. The van der Waals surface area contributed by atoms with E-state index in [1.54, 1.807) is 12.1 Å². The van der Waals surface area contributed by atoms with E-state index in [0.717, 1.165) is 23.4 Å². The van der Waals surface area contributed by atoms with Crippen LogP contribution in [0.2, 0.25) is 0 Å². The zero-order valence-electron chi connectivity index (χ0n) is 12.7. The van der Waals surface area contributed by atoms with Crippen LogP contribution < -0.4 is 11.5 Å². The van der Waals surface area contributed by atoms with Crippen molar-refractivity contribution in [3.8, 4) is 11.3 Å². The van der Waals surface area contributed by atoms with Gasteiger partial charge in [-0.25, -0.2) is 13.6 Å². The van der Waals surface area contributed by atoms with Crippen molar-refractivity contribution < 1.29 is 13.6 Å². The first-order chi connectivity index (χ1) is 11.5. The van der Waals surface area contributed by atoms with Crippen LogP contribution in [-0.4, -0.2) is 28.4 Å². The van der Waals surface area contributed by atoms with E-state index in [0.29, 0.717) is 18.5 Å². The maximum Gasteiger partial charge on any atom is 0.347 e. The van der Waals surface area contributed by atoms with E-state index < -0.39 is 17.7 Å². The third-order valence-corrected chi connectivity index (χ3v) is 3.83. The molecule has 3 rings (SSSR count). The Morgan fingerprint density at radius 1 is 1.29 bits per heavy atom. The quantitative estimate of drug-likeness (QED) is 0.615. The first-order valence-electron chi connectivity index (χ1n) is 7.26. The highest BCUT2D eigenvalue weighted by Crippen LogP contribution is 2.31. The molecule has 0 atom stereocenters. The molecule has 6 nitrogen and oxygen atoms in total. The monoisotopic (exact) mass is 331 g/mol. The smallest absolute Gasteiger partial charge is 0.347 e. The van der Waals surface area contributed by atoms with Crippen molar-refractivity contribution in [3.05, 3.63) is 53.2 Å². The first-order valence-corrected chi connectivity index (χ1v) is 7.26. The Morgan fingerprint density at radius 2 is 2.08 bits per heavy atom.